The molecule has 6 nitrogen and oxygen atoms in total. The summed E-state index contributed by atoms with van der Waals surface area (Å²) in [6.45, 7) is 4.40. The fraction of sp³-hybridized carbons (Fsp3) is 0.160. The van der Waals surface area contributed by atoms with Crippen LogP contribution in [-0.2, 0) is 0 Å². The Bertz CT molecular complexity index is 1070. The van der Waals surface area contributed by atoms with Crippen LogP contribution in [0.25, 0.3) is 0 Å². The highest BCUT2D eigenvalue weighted by Crippen LogP contribution is 2.15. The zero-order chi connectivity index (χ0) is 22.9. The van der Waals surface area contributed by atoms with Crippen LogP contribution in [0.4, 0.5) is 5.69 Å². The number of hydrogen-bond acceptors (Lipinski definition) is 4. The molecule has 3 N–H and O–H groups in total. The number of hydrogen-bond donors (Lipinski definition) is 3. The molecule has 2 amide bonds. The second kappa shape index (κ2) is 11.1. The van der Waals surface area contributed by atoms with Crippen molar-refractivity contribution >= 4 is 34.8 Å². The van der Waals surface area contributed by atoms with Gasteiger partial charge in [-0.15, -0.1) is 0 Å². The lowest BCUT2D eigenvalue weighted by Gasteiger charge is -2.15. The van der Waals surface area contributed by atoms with Crippen LogP contribution in [0, 0.1) is 0 Å². The first kappa shape index (κ1) is 23.0. The highest BCUT2D eigenvalue weighted by molar-refractivity contribution is 7.80. The van der Waals surface area contributed by atoms with E-state index >= 15 is 0 Å². The SMILES string of the molecule is CCOc1ccc(C(=O)NC(=S)Nc2ccc(C(=O)NC(C)c3ccccc3)cc2)cc1. The van der Waals surface area contributed by atoms with Crippen LogP contribution in [-0.4, -0.2) is 23.5 Å². The highest BCUT2D eigenvalue weighted by atomic mass is 32.1. The van der Waals surface area contributed by atoms with Crippen molar-refractivity contribution in [2.45, 2.75) is 19.9 Å². The standard InChI is InChI=1S/C25H25N3O3S/c1-3-31-22-15-11-20(12-16-22)24(30)28-25(32)27-21-13-9-19(10-14-21)23(29)26-17(2)18-7-5-4-6-8-18/h4-17H,3H2,1-2H3,(H,26,29)(H2,27,28,30,32). The molecule has 1 unspecified atom stereocenters. The Labute approximate surface area is 193 Å². The molecule has 3 rings (SSSR count). The summed E-state index contributed by atoms with van der Waals surface area (Å²) in [5.41, 5.74) is 2.70. The molecule has 0 saturated carbocycles. The number of benzene rings is 3. The fourth-order valence-electron chi connectivity index (χ4n) is 3.02. The molecule has 164 valence electrons. The summed E-state index contributed by atoms with van der Waals surface area (Å²) >= 11 is 5.23. The van der Waals surface area contributed by atoms with Crippen LogP contribution in [0.2, 0.25) is 0 Å². The van der Waals surface area contributed by atoms with Crippen LogP contribution in [0.3, 0.4) is 0 Å². The van der Waals surface area contributed by atoms with Gasteiger partial charge in [-0.25, -0.2) is 0 Å². The Hall–Kier alpha value is -3.71. The number of thiocarbonyl (C=S) groups is 1. The van der Waals surface area contributed by atoms with Gasteiger partial charge in [0.25, 0.3) is 11.8 Å². The fourth-order valence-corrected chi connectivity index (χ4v) is 3.23. The van der Waals surface area contributed by atoms with Crippen LogP contribution < -0.4 is 20.7 Å². The molecule has 0 aromatic heterocycles. The number of carbonyl (C=O) groups is 2. The van der Waals surface area contributed by atoms with Gasteiger partial charge in [-0.05, 0) is 80.2 Å². The van der Waals surface area contributed by atoms with Crippen molar-refractivity contribution < 1.29 is 14.3 Å². The number of nitrogens with one attached hydrogen (secondary N) is 3. The van der Waals surface area contributed by atoms with E-state index in [2.05, 4.69) is 16.0 Å². The molecule has 0 saturated heterocycles. The van der Waals surface area contributed by atoms with Crippen molar-refractivity contribution in [1.82, 2.24) is 10.6 Å². The average molecular weight is 448 g/mol. The molecular weight excluding hydrogens is 422 g/mol. The second-order valence-corrected chi connectivity index (χ2v) is 7.46. The molecule has 0 heterocycles. The zero-order valence-electron chi connectivity index (χ0n) is 17.9. The highest BCUT2D eigenvalue weighted by Gasteiger charge is 2.12. The van der Waals surface area contributed by atoms with Crippen LogP contribution in [0.1, 0.15) is 46.2 Å². The third-order valence-electron chi connectivity index (χ3n) is 4.71. The van der Waals surface area contributed by atoms with Gasteiger partial charge in [0.2, 0.25) is 0 Å². The van der Waals surface area contributed by atoms with Crippen molar-refractivity contribution in [3.05, 3.63) is 95.6 Å². The molecule has 0 aliphatic heterocycles. The molecule has 1 atom stereocenters. The Morgan fingerprint density at radius 1 is 0.875 bits per heavy atom. The van der Waals surface area contributed by atoms with Gasteiger partial charge < -0.3 is 15.4 Å². The maximum atomic E-state index is 12.5. The summed E-state index contributed by atoms with van der Waals surface area (Å²) in [5, 5.41) is 8.73. The maximum Gasteiger partial charge on any atom is 0.257 e. The van der Waals surface area contributed by atoms with Gasteiger partial charge in [-0.3, -0.25) is 14.9 Å². The number of ether oxygens (including phenoxy) is 1. The maximum absolute atomic E-state index is 12.5. The summed E-state index contributed by atoms with van der Waals surface area (Å²) in [7, 11) is 0. The normalized spacial score (nSPS) is 11.2. The van der Waals surface area contributed by atoms with Crippen molar-refractivity contribution in [3.8, 4) is 5.75 Å². The Morgan fingerprint density at radius 2 is 1.47 bits per heavy atom. The topological polar surface area (TPSA) is 79.5 Å². The van der Waals surface area contributed by atoms with Gasteiger partial charge in [-0.2, -0.15) is 0 Å². The number of anilines is 1. The first-order chi connectivity index (χ1) is 15.5. The molecule has 0 aliphatic rings. The molecule has 0 spiro atoms. The first-order valence-electron chi connectivity index (χ1n) is 10.3. The van der Waals surface area contributed by atoms with Crippen LogP contribution >= 0.6 is 12.2 Å². The molecule has 32 heavy (non-hydrogen) atoms. The van der Waals surface area contributed by atoms with Gasteiger partial charge in [0.05, 0.1) is 12.6 Å². The van der Waals surface area contributed by atoms with E-state index in [1.165, 1.54) is 0 Å². The van der Waals surface area contributed by atoms with E-state index < -0.39 is 0 Å². The van der Waals surface area contributed by atoms with E-state index in [1.807, 2.05) is 44.2 Å². The molecule has 3 aromatic carbocycles. The first-order valence-corrected chi connectivity index (χ1v) is 10.7. The van der Waals surface area contributed by atoms with E-state index in [9.17, 15) is 9.59 Å². The van der Waals surface area contributed by atoms with Crippen LogP contribution in [0.15, 0.2) is 78.9 Å². The van der Waals surface area contributed by atoms with Crippen molar-refractivity contribution in [3.63, 3.8) is 0 Å². The minimum atomic E-state index is -0.323. The van der Waals surface area contributed by atoms with Gasteiger partial charge in [0, 0.05) is 16.8 Å². The van der Waals surface area contributed by atoms with E-state index in [1.54, 1.807) is 48.5 Å². The summed E-state index contributed by atoms with van der Waals surface area (Å²) in [6.07, 6.45) is 0. The number of carbonyl (C=O) groups excluding carboxylic acids is 2. The second-order valence-electron chi connectivity index (χ2n) is 7.05. The Kier molecular flexibility index (Phi) is 7.94. The summed E-state index contributed by atoms with van der Waals surface area (Å²) in [4.78, 5) is 24.9. The average Bonchev–Trinajstić information content (AvgIpc) is 2.80. The van der Waals surface area contributed by atoms with E-state index in [-0.39, 0.29) is 23.0 Å². The lowest BCUT2D eigenvalue weighted by molar-refractivity contribution is 0.0938. The van der Waals surface area contributed by atoms with Gasteiger partial charge in [-0.1, -0.05) is 30.3 Å². The quantitative estimate of drug-likeness (QED) is 0.458. The zero-order valence-corrected chi connectivity index (χ0v) is 18.7. The molecule has 3 aromatic rings. The molecule has 7 heteroatoms. The monoisotopic (exact) mass is 447 g/mol. The lowest BCUT2D eigenvalue weighted by Crippen LogP contribution is -2.34. The predicted molar refractivity (Wildman–Crippen MR) is 130 cm³/mol. The minimum absolute atomic E-state index is 0.105. The Balaban J connectivity index is 1.52. The van der Waals surface area contributed by atoms with Crippen molar-refractivity contribution in [2.24, 2.45) is 0 Å². The largest absolute Gasteiger partial charge is 0.494 e. The predicted octanol–water partition coefficient (Wildman–Crippen LogP) is 4.70. The lowest BCUT2D eigenvalue weighted by atomic mass is 10.1. The van der Waals surface area contributed by atoms with E-state index in [0.29, 0.717) is 29.2 Å². The minimum Gasteiger partial charge on any atom is -0.494 e. The molecule has 0 fully saturated rings. The third kappa shape index (κ3) is 6.39. The summed E-state index contributed by atoms with van der Waals surface area (Å²) in [5.74, 6) is 0.211. The van der Waals surface area contributed by atoms with Gasteiger partial charge in [0.15, 0.2) is 5.11 Å². The van der Waals surface area contributed by atoms with E-state index in [0.717, 1.165) is 5.56 Å². The molecule has 0 bridgehead atoms. The number of rotatable bonds is 7. The van der Waals surface area contributed by atoms with Gasteiger partial charge in [0.1, 0.15) is 5.75 Å². The number of amides is 2. The third-order valence-corrected chi connectivity index (χ3v) is 4.91. The Morgan fingerprint density at radius 3 is 2.09 bits per heavy atom. The molecule has 0 radical (unpaired) electrons. The summed E-state index contributed by atoms with van der Waals surface area (Å²) in [6, 6.07) is 23.3. The van der Waals surface area contributed by atoms with E-state index in [4.69, 9.17) is 17.0 Å². The van der Waals surface area contributed by atoms with Crippen molar-refractivity contribution in [1.29, 1.82) is 0 Å². The smallest absolute Gasteiger partial charge is 0.257 e. The van der Waals surface area contributed by atoms with Crippen LogP contribution in [0.5, 0.6) is 5.75 Å². The molecule has 0 aliphatic carbocycles. The molecular formula is C25H25N3O3S. The van der Waals surface area contributed by atoms with Crippen molar-refractivity contribution in [2.75, 3.05) is 11.9 Å². The van der Waals surface area contributed by atoms with Gasteiger partial charge >= 0.3 is 0 Å². The summed E-state index contributed by atoms with van der Waals surface area (Å²) < 4.78 is 5.37.